The minimum Gasteiger partial charge on any atom is -0.375 e. The Morgan fingerprint density at radius 1 is 1.17 bits per heavy atom. The van der Waals surface area contributed by atoms with Crippen molar-refractivity contribution in [3.05, 3.63) is 0 Å². The molecule has 12 heavy (non-hydrogen) atoms. The molecule has 1 heteroatoms. The quantitative estimate of drug-likeness (QED) is 0.540. The Morgan fingerprint density at radius 3 is 2.58 bits per heavy atom. The maximum atomic E-state index is 5.98. The summed E-state index contributed by atoms with van der Waals surface area (Å²) in [7, 11) is 0. The molecule has 1 aliphatic carbocycles. The van der Waals surface area contributed by atoms with E-state index in [-0.39, 0.29) is 0 Å². The normalized spacial score (nSPS) is 35.2. The van der Waals surface area contributed by atoms with Crippen LogP contribution in [0, 0.1) is 5.92 Å². The smallest absolute Gasteiger partial charge is 0.0685 e. The summed E-state index contributed by atoms with van der Waals surface area (Å²) in [6.07, 6.45) is 9.49. The minimum atomic E-state index is 0.329. The van der Waals surface area contributed by atoms with Gasteiger partial charge in [-0.1, -0.05) is 26.2 Å². The highest BCUT2D eigenvalue weighted by Gasteiger charge is 2.36. The fourth-order valence-electron chi connectivity index (χ4n) is 2.82. The maximum Gasteiger partial charge on any atom is 0.0685 e. The van der Waals surface area contributed by atoms with Crippen molar-refractivity contribution in [3.8, 4) is 0 Å². The highest BCUT2D eigenvalue weighted by molar-refractivity contribution is 4.88. The van der Waals surface area contributed by atoms with Crippen LogP contribution in [0.5, 0.6) is 0 Å². The Labute approximate surface area is 75.5 Å². The van der Waals surface area contributed by atoms with Gasteiger partial charge in [0, 0.05) is 6.61 Å². The number of rotatable bonds is 0. The van der Waals surface area contributed by atoms with E-state index in [1.54, 1.807) is 0 Å². The molecule has 1 heterocycles. The van der Waals surface area contributed by atoms with Crippen molar-refractivity contribution < 1.29 is 4.74 Å². The fraction of sp³-hybridized carbons (Fsp3) is 1.00. The largest absolute Gasteiger partial charge is 0.375 e. The fourth-order valence-corrected chi connectivity index (χ4v) is 2.82. The molecular weight excluding hydrogens is 148 g/mol. The summed E-state index contributed by atoms with van der Waals surface area (Å²) in [5.41, 5.74) is 0.329. The first-order valence-electron chi connectivity index (χ1n) is 5.45. The van der Waals surface area contributed by atoms with Crippen LogP contribution in [-0.2, 0) is 4.74 Å². The van der Waals surface area contributed by atoms with Crippen LogP contribution >= 0.6 is 0 Å². The van der Waals surface area contributed by atoms with Crippen molar-refractivity contribution in [2.75, 3.05) is 6.61 Å². The summed E-state index contributed by atoms with van der Waals surface area (Å²) >= 11 is 0. The number of ether oxygens (including phenoxy) is 1. The Kier molecular flexibility index (Phi) is 2.40. The van der Waals surface area contributed by atoms with E-state index in [2.05, 4.69) is 6.92 Å². The van der Waals surface area contributed by atoms with Crippen LogP contribution in [0.15, 0.2) is 0 Å². The molecule has 0 N–H and O–H groups in total. The molecule has 1 aliphatic heterocycles. The Morgan fingerprint density at radius 2 is 1.92 bits per heavy atom. The van der Waals surface area contributed by atoms with Crippen LogP contribution in [0.25, 0.3) is 0 Å². The molecule has 2 fully saturated rings. The zero-order chi connectivity index (χ0) is 8.44. The Balaban J connectivity index is 1.97. The molecule has 2 aliphatic rings. The van der Waals surface area contributed by atoms with Gasteiger partial charge in [-0.2, -0.15) is 0 Å². The molecule has 0 aromatic heterocycles. The molecule has 1 nitrogen and oxygen atoms in total. The van der Waals surface area contributed by atoms with E-state index in [0.29, 0.717) is 5.60 Å². The Bertz CT molecular complexity index is 142. The van der Waals surface area contributed by atoms with E-state index in [4.69, 9.17) is 4.74 Å². The lowest BCUT2D eigenvalue weighted by Gasteiger charge is -2.42. The number of hydrogen-bond donors (Lipinski definition) is 0. The SMILES string of the molecule is C[C@H]1CCOC2(CCCCC2)C1. The van der Waals surface area contributed by atoms with Gasteiger partial charge in [-0.15, -0.1) is 0 Å². The van der Waals surface area contributed by atoms with E-state index in [1.807, 2.05) is 0 Å². The molecular formula is C11H20O. The summed E-state index contributed by atoms with van der Waals surface area (Å²) in [6, 6.07) is 0. The lowest BCUT2D eigenvalue weighted by Crippen LogP contribution is -2.40. The van der Waals surface area contributed by atoms with Crippen molar-refractivity contribution in [1.29, 1.82) is 0 Å². The summed E-state index contributed by atoms with van der Waals surface area (Å²) in [5.74, 6) is 0.900. The molecule has 0 unspecified atom stereocenters. The first-order chi connectivity index (χ1) is 5.81. The van der Waals surface area contributed by atoms with Crippen LogP contribution in [-0.4, -0.2) is 12.2 Å². The molecule has 0 aromatic rings. The minimum absolute atomic E-state index is 0.329. The third kappa shape index (κ3) is 1.66. The molecule has 0 bridgehead atoms. The predicted octanol–water partition coefficient (Wildman–Crippen LogP) is 3.14. The molecule has 0 radical (unpaired) electrons. The second-order valence-electron chi connectivity index (χ2n) is 4.69. The average Bonchev–Trinajstić information content (AvgIpc) is 2.05. The average molecular weight is 168 g/mol. The standard InChI is InChI=1S/C11H20O/c1-10-5-8-12-11(9-10)6-3-2-4-7-11/h10H,2-9H2,1H3/t10-/m0/s1. The van der Waals surface area contributed by atoms with E-state index in [9.17, 15) is 0 Å². The topological polar surface area (TPSA) is 9.23 Å². The van der Waals surface area contributed by atoms with Crippen LogP contribution in [0.4, 0.5) is 0 Å². The summed E-state index contributed by atoms with van der Waals surface area (Å²) in [4.78, 5) is 0. The molecule has 1 spiro atoms. The lowest BCUT2D eigenvalue weighted by atomic mass is 9.77. The van der Waals surface area contributed by atoms with Gasteiger partial charge in [0.25, 0.3) is 0 Å². The van der Waals surface area contributed by atoms with E-state index < -0.39 is 0 Å². The highest BCUT2D eigenvalue weighted by Crippen LogP contribution is 2.40. The molecule has 0 amide bonds. The zero-order valence-corrected chi connectivity index (χ0v) is 8.14. The van der Waals surface area contributed by atoms with Gasteiger partial charge in [-0.05, 0) is 31.6 Å². The van der Waals surface area contributed by atoms with Crippen LogP contribution in [0.1, 0.15) is 51.9 Å². The molecule has 70 valence electrons. The predicted molar refractivity (Wildman–Crippen MR) is 50.2 cm³/mol. The van der Waals surface area contributed by atoms with Crippen LogP contribution < -0.4 is 0 Å². The second-order valence-corrected chi connectivity index (χ2v) is 4.69. The van der Waals surface area contributed by atoms with Crippen molar-refractivity contribution in [3.63, 3.8) is 0 Å². The van der Waals surface area contributed by atoms with Gasteiger partial charge < -0.3 is 4.74 Å². The summed E-state index contributed by atoms with van der Waals surface area (Å²) in [5, 5.41) is 0. The Hall–Kier alpha value is -0.0400. The van der Waals surface area contributed by atoms with Gasteiger partial charge in [0.2, 0.25) is 0 Å². The molecule has 1 atom stereocenters. The summed E-state index contributed by atoms with van der Waals surface area (Å²) < 4.78 is 5.98. The highest BCUT2D eigenvalue weighted by atomic mass is 16.5. The van der Waals surface area contributed by atoms with Gasteiger partial charge in [0.05, 0.1) is 5.60 Å². The summed E-state index contributed by atoms with van der Waals surface area (Å²) in [6.45, 7) is 3.39. The van der Waals surface area contributed by atoms with Gasteiger partial charge in [-0.25, -0.2) is 0 Å². The van der Waals surface area contributed by atoms with Gasteiger partial charge in [0.15, 0.2) is 0 Å². The third-order valence-electron chi connectivity index (χ3n) is 3.50. The van der Waals surface area contributed by atoms with Gasteiger partial charge in [0.1, 0.15) is 0 Å². The van der Waals surface area contributed by atoms with E-state index in [0.717, 1.165) is 12.5 Å². The van der Waals surface area contributed by atoms with Crippen molar-refractivity contribution in [2.45, 2.75) is 57.5 Å². The monoisotopic (exact) mass is 168 g/mol. The van der Waals surface area contributed by atoms with E-state index in [1.165, 1.54) is 44.9 Å². The lowest BCUT2D eigenvalue weighted by molar-refractivity contribution is -0.114. The molecule has 1 saturated carbocycles. The van der Waals surface area contributed by atoms with E-state index >= 15 is 0 Å². The van der Waals surface area contributed by atoms with Crippen molar-refractivity contribution >= 4 is 0 Å². The van der Waals surface area contributed by atoms with Crippen LogP contribution in [0.2, 0.25) is 0 Å². The second kappa shape index (κ2) is 3.37. The van der Waals surface area contributed by atoms with Crippen LogP contribution in [0.3, 0.4) is 0 Å². The number of hydrogen-bond acceptors (Lipinski definition) is 1. The van der Waals surface area contributed by atoms with Crippen molar-refractivity contribution in [2.24, 2.45) is 5.92 Å². The maximum absolute atomic E-state index is 5.98. The molecule has 1 saturated heterocycles. The van der Waals surface area contributed by atoms with Gasteiger partial charge >= 0.3 is 0 Å². The van der Waals surface area contributed by atoms with Gasteiger partial charge in [-0.3, -0.25) is 0 Å². The first kappa shape index (κ1) is 8.55. The molecule has 2 rings (SSSR count). The van der Waals surface area contributed by atoms with Crippen molar-refractivity contribution in [1.82, 2.24) is 0 Å². The molecule has 0 aromatic carbocycles. The first-order valence-corrected chi connectivity index (χ1v) is 5.45. The zero-order valence-electron chi connectivity index (χ0n) is 8.14. The third-order valence-corrected chi connectivity index (χ3v) is 3.50.